The molecule has 0 saturated carbocycles. The Balaban J connectivity index is 1.74. The van der Waals surface area contributed by atoms with Gasteiger partial charge in [-0.3, -0.25) is 4.79 Å². The van der Waals surface area contributed by atoms with Crippen LogP contribution in [0.25, 0.3) is 10.8 Å². The lowest BCUT2D eigenvalue weighted by Crippen LogP contribution is -2.32. The van der Waals surface area contributed by atoms with Gasteiger partial charge in [-0.15, -0.1) is 0 Å². The third-order valence-electron chi connectivity index (χ3n) is 4.46. The average Bonchev–Trinajstić information content (AvgIpc) is 2.71. The minimum atomic E-state index is -0.203. The molecule has 0 spiro atoms. The van der Waals surface area contributed by atoms with Crippen LogP contribution in [0.15, 0.2) is 60.7 Å². The molecule has 144 valence electrons. The molecule has 0 fully saturated rings. The van der Waals surface area contributed by atoms with E-state index in [1.165, 1.54) is 0 Å². The minimum Gasteiger partial charge on any atom is -0.432 e. The summed E-state index contributed by atoms with van der Waals surface area (Å²) in [6.45, 7) is 5.61. The van der Waals surface area contributed by atoms with Crippen LogP contribution < -0.4 is 10.1 Å². The highest BCUT2D eigenvalue weighted by Crippen LogP contribution is 2.30. The zero-order valence-electron chi connectivity index (χ0n) is 15.7. The van der Waals surface area contributed by atoms with Crippen molar-refractivity contribution in [2.75, 3.05) is 18.4 Å². The fraction of sp³-hybridized carbons (Fsp3) is 0.182. The van der Waals surface area contributed by atoms with Crippen molar-refractivity contribution in [1.82, 2.24) is 4.90 Å². The lowest BCUT2D eigenvalue weighted by atomic mass is 10.1. The zero-order valence-corrected chi connectivity index (χ0v) is 17.3. The predicted molar refractivity (Wildman–Crippen MR) is 120 cm³/mol. The summed E-state index contributed by atoms with van der Waals surface area (Å²) >= 11 is 11.5. The SMILES string of the molecule is CCN(CC)C(=S)Oc1ccc(C(=O)Nc2ccc(Cl)c3ccccc23)cc1. The second-order valence-corrected chi connectivity index (χ2v) is 6.92. The van der Waals surface area contributed by atoms with Gasteiger partial charge in [-0.05, 0) is 62.5 Å². The molecule has 0 aliphatic rings. The van der Waals surface area contributed by atoms with Crippen LogP contribution in [0.2, 0.25) is 5.02 Å². The maximum atomic E-state index is 12.7. The first kappa shape index (κ1) is 20.1. The quantitative estimate of drug-likeness (QED) is 0.541. The molecular weight excluding hydrogens is 392 g/mol. The smallest absolute Gasteiger partial charge is 0.264 e. The van der Waals surface area contributed by atoms with Crippen molar-refractivity contribution in [3.05, 3.63) is 71.2 Å². The standard InChI is InChI=1S/C22H21ClN2O2S/c1-3-25(4-2)22(28)27-16-11-9-15(10-12-16)21(26)24-20-14-13-19(23)17-7-5-6-8-18(17)20/h5-14H,3-4H2,1-2H3,(H,24,26). The first-order chi connectivity index (χ1) is 13.5. The lowest BCUT2D eigenvalue weighted by Gasteiger charge is -2.21. The van der Waals surface area contributed by atoms with Gasteiger partial charge in [0.2, 0.25) is 0 Å². The number of halogens is 1. The van der Waals surface area contributed by atoms with Gasteiger partial charge >= 0.3 is 0 Å². The second-order valence-electron chi connectivity index (χ2n) is 6.16. The molecule has 3 aromatic carbocycles. The maximum absolute atomic E-state index is 12.7. The largest absolute Gasteiger partial charge is 0.432 e. The Kier molecular flexibility index (Phi) is 6.49. The van der Waals surface area contributed by atoms with E-state index in [-0.39, 0.29) is 5.91 Å². The van der Waals surface area contributed by atoms with E-state index in [0.717, 1.165) is 23.9 Å². The van der Waals surface area contributed by atoms with Crippen LogP contribution in [0.5, 0.6) is 5.75 Å². The summed E-state index contributed by atoms with van der Waals surface area (Å²) in [5, 5.41) is 5.83. The predicted octanol–water partition coefficient (Wildman–Crippen LogP) is 5.75. The van der Waals surface area contributed by atoms with Crippen molar-refractivity contribution in [1.29, 1.82) is 0 Å². The molecule has 0 radical (unpaired) electrons. The molecule has 0 aliphatic carbocycles. The summed E-state index contributed by atoms with van der Waals surface area (Å²) < 4.78 is 5.69. The minimum absolute atomic E-state index is 0.203. The van der Waals surface area contributed by atoms with Gasteiger partial charge in [0.05, 0.1) is 0 Å². The second kappa shape index (κ2) is 9.04. The molecule has 3 aromatic rings. The topological polar surface area (TPSA) is 41.6 Å². The summed E-state index contributed by atoms with van der Waals surface area (Å²) in [7, 11) is 0. The molecule has 3 rings (SSSR count). The number of thiocarbonyl (C=S) groups is 1. The van der Waals surface area contributed by atoms with Crippen molar-refractivity contribution in [2.45, 2.75) is 13.8 Å². The van der Waals surface area contributed by atoms with Crippen molar-refractivity contribution in [2.24, 2.45) is 0 Å². The summed E-state index contributed by atoms with van der Waals surface area (Å²) in [6, 6.07) is 18.2. The van der Waals surface area contributed by atoms with Crippen LogP contribution in [0.3, 0.4) is 0 Å². The van der Waals surface area contributed by atoms with Crippen LogP contribution in [0.1, 0.15) is 24.2 Å². The number of carbonyl (C=O) groups is 1. The molecule has 0 unspecified atom stereocenters. The Morgan fingerprint density at radius 3 is 2.29 bits per heavy atom. The highest BCUT2D eigenvalue weighted by Gasteiger charge is 2.11. The summed E-state index contributed by atoms with van der Waals surface area (Å²) in [4.78, 5) is 14.6. The Bertz CT molecular complexity index is 1000. The number of fused-ring (bicyclic) bond motifs is 1. The summed E-state index contributed by atoms with van der Waals surface area (Å²) in [5.41, 5.74) is 1.24. The molecule has 0 heterocycles. The van der Waals surface area contributed by atoms with E-state index >= 15 is 0 Å². The molecule has 28 heavy (non-hydrogen) atoms. The normalized spacial score (nSPS) is 10.5. The van der Waals surface area contributed by atoms with Crippen molar-refractivity contribution < 1.29 is 9.53 Å². The Morgan fingerprint density at radius 1 is 1.00 bits per heavy atom. The van der Waals surface area contributed by atoms with E-state index in [0.29, 0.717) is 27.2 Å². The molecule has 0 aromatic heterocycles. The number of anilines is 1. The van der Waals surface area contributed by atoms with E-state index in [1.54, 1.807) is 30.3 Å². The van der Waals surface area contributed by atoms with Crippen molar-refractivity contribution in [3.63, 3.8) is 0 Å². The molecule has 0 aliphatic heterocycles. The van der Waals surface area contributed by atoms with E-state index in [2.05, 4.69) is 5.32 Å². The Labute approximate surface area is 175 Å². The number of hydrogen-bond acceptors (Lipinski definition) is 3. The highest BCUT2D eigenvalue weighted by molar-refractivity contribution is 7.80. The number of nitrogens with one attached hydrogen (secondary N) is 1. The van der Waals surface area contributed by atoms with Crippen LogP contribution in [0, 0.1) is 0 Å². The van der Waals surface area contributed by atoms with Gasteiger partial charge < -0.3 is 15.0 Å². The number of benzene rings is 3. The first-order valence-electron chi connectivity index (χ1n) is 9.09. The Hall–Kier alpha value is -2.63. The molecule has 1 N–H and O–H groups in total. The Morgan fingerprint density at radius 2 is 1.64 bits per heavy atom. The van der Waals surface area contributed by atoms with E-state index in [1.807, 2.05) is 49.1 Å². The third kappa shape index (κ3) is 4.43. The summed E-state index contributed by atoms with van der Waals surface area (Å²) in [5.74, 6) is 0.399. The number of nitrogens with zero attached hydrogens (tertiary/aromatic N) is 1. The number of amides is 1. The molecule has 0 bridgehead atoms. The lowest BCUT2D eigenvalue weighted by molar-refractivity contribution is 0.102. The van der Waals surface area contributed by atoms with E-state index < -0.39 is 0 Å². The number of ether oxygens (including phenoxy) is 1. The van der Waals surface area contributed by atoms with Gasteiger partial charge in [-0.25, -0.2) is 0 Å². The van der Waals surface area contributed by atoms with E-state index in [9.17, 15) is 4.79 Å². The number of carbonyl (C=O) groups excluding carboxylic acids is 1. The molecule has 1 amide bonds. The highest BCUT2D eigenvalue weighted by atomic mass is 35.5. The van der Waals surface area contributed by atoms with Crippen LogP contribution in [-0.4, -0.2) is 29.1 Å². The molecular formula is C22H21ClN2O2S. The van der Waals surface area contributed by atoms with Gasteiger partial charge in [0, 0.05) is 40.1 Å². The maximum Gasteiger partial charge on any atom is 0.264 e. The zero-order chi connectivity index (χ0) is 20.1. The summed E-state index contributed by atoms with van der Waals surface area (Å²) in [6.07, 6.45) is 0. The molecule has 4 nitrogen and oxygen atoms in total. The van der Waals surface area contributed by atoms with Gasteiger partial charge in [0.25, 0.3) is 11.1 Å². The van der Waals surface area contributed by atoms with Gasteiger partial charge in [0.1, 0.15) is 5.75 Å². The molecule has 0 atom stereocenters. The monoisotopic (exact) mass is 412 g/mol. The van der Waals surface area contributed by atoms with Crippen LogP contribution in [0.4, 0.5) is 5.69 Å². The average molecular weight is 413 g/mol. The van der Waals surface area contributed by atoms with Crippen LogP contribution >= 0.6 is 23.8 Å². The van der Waals surface area contributed by atoms with Gasteiger partial charge in [0.15, 0.2) is 0 Å². The van der Waals surface area contributed by atoms with Gasteiger partial charge in [-0.1, -0.05) is 35.9 Å². The first-order valence-corrected chi connectivity index (χ1v) is 9.87. The van der Waals surface area contributed by atoms with E-state index in [4.69, 9.17) is 28.6 Å². The number of hydrogen-bond donors (Lipinski definition) is 1. The van der Waals surface area contributed by atoms with Crippen LogP contribution in [-0.2, 0) is 0 Å². The van der Waals surface area contributed by atoms with Crippen molar-refractivity contribution in [3.8, 4) is 5.75 Å². The van der Waals surface area contributed by atoms with Crippen molar-refractivity contribution >= 4 is 51.4 Å². The molecule has 0 saturated heterocycles. The van der Waals surface area contributed by atoms with Gasteiger partial charge in [-0.2, -0.15) is 0 Å². The molecule has 6 heteroatoms. The fourth-order valence-electron chi connectivity index (χ4n) is 2.89. The third-order valence-corrected chi connectivity index (χ3v) is 5.13. The fourth-order valence-corrected chi connectivity index (χ4v) is 3.47. The number of rotatable bonds is 5.